The number of hydrogen-bond acceptors (Lipinski definition) is 4. The molecule has 0 fully saturated rings. The highest BCUT2D eigenvalue weighted by atomic mass is 31.2. The van der Waals surface area contributed by atoms with Crippen molar-refractivity contribution in [3.05, 3.63) is 78.4 Å². The van der Waals surface area contributed by atoms with E-state index in [1.165, 1.54) is 0 Å². The van der Waals surface area contributed by atoms with E-state index in [4.69, 9.17) is 9.26 Å². The molecule has 3 aromatic carbocycles. The van der Waals surface area contributed by atoms with Gasteiger partial charge in [0.1, 0.15) is 24.0 Å². The van der Waals surface area contributed by atoms with Crippen LogP contribution in [0.25, 0.3) is 11.1 Å². The molecule has 5 rings (SSSR count). The van der Waals surface area contributed by atoms with E-state index in [0.29, 0.717) is 12.5 Å². The number of para-hydroxylation sites is 2. The van der Waals surface area contributed by atoms with E-state index in [9.17, 15) is 4.57 Å². The van der Waals surface area contributed by atoms with Gasteiger partial charge >= 0.3 is 0 Å². The van der Waals surface area contributed by atoms with E-state index in [1.807, 2.05) is 72.8 Å². The fourth-order valence-corrected chi connectivity index (χ4v) is 6.23. The number of hydrogen-bond donors (Lipinski definition) is 1. The minimum absolute atomic E-state index is 0.304. The maximum absolute atomic E-state index is 14.2. The van der Waals surface area contributed by atoms with Gasteiger partial charge in [0.05, 0.1) is 5.30 Å². The summed E-state index contributed by atoms with van der Waals surface area (Å²) in [6.45, 7) is 0.304. The first-order valence-electron chi connectivity index (χ1n) is 8.21. The number of rotatable bonds is 1. The molecule has 2 aliphatic rings. The van der Waals surface area contributed by atoms with Crippen molar-refractivity contribution in [2.75, 3.05) is 6.73 Å². The van der Waals surface area contributed by atoms with Crippen molar-refractivity contribution < 1.29 is 13.8 Å². The van der Waals surface area contributed by atoms with Gasteiger partial charge in [-0.2, -0.15) is 0 Å². The molecule has 0 saturated heterocycles. The minimum Gasteiger partial charge on any atom is -0.478 e. The lowest BCUT2D eigenvalue weighted by Crippen LogP contribution is -2.35. The van der Waals surface area contributed by atoms with Crippen LogP contribution in [0.1, 0.15) is 11.3 Å². The van der Waals surface area contributed by atoms with Gasteiger partial charge in [0.15, 0.2) is 0 Å². The predicted molar refractivity (Wildman–Crippen MR) is 97.6 cm³/mol. The highest BCUT2D eigenvalue weighted by Crippen LogP contribution is 2.63. The fourth-order valence-electron chi connectivity index (χ4n) is 3.58. The zero-order chi connectivity index (χ0) is 16.9. The number of fused-ring (bicyclic) bond motifs is 4. The summed E-state index contributed by atoms with van der Waals surface area (Å²) < 4.78 is 26.0. The third-order valence-corrected chi connectivity index (χ3v) is 7.38. The molecule has 5 heteroatoms. The second kappa shape index (κ2) is 5.48. The first kappa shape index (κ1) is 14.8. The SMILES string of the molecule is O=P1(C2NCOc3ccccc32)Oc2ccccc2-c2ccccc21. The molecule has 3 aromatic rings. The molecular formula is C20H16NO3P. The van der Waals surface area contributed by atoms with Crippen molar-refractivity contribution in [3.63, 3.8) is 0 Å². The molecule has 25 heavy (non-hydrogen) atoms. The van der Waals surface area contributed by atoms with Gasteiger partial charge in [0, 0.05) is 11.1 Å². The molecule has 0 saturated carbocycles. The molecule has 0 amide bonds. The van der Waals surface area contributed by atoms with E-state index in [-0.39, 0.29) is 0 Å². The lowest BCUT2D eigenvalue weighted by atomic mass is 10.0. The summed E-state index contributed by atoms with van der Waals surface area (Å²) in [5, 5.41) is 4.00. The molecule has 0 aromatic heterocycles. The fraction of sp³-hybridized carbons (Fsp3) is 0.100. The Morgan fingerprint density at radius 1 is 0.840 bits per heavy atom. The average Bonchev–Trinajstić information content (AvgIpc) is 2.68. The van der Waals surface area contributed by atoms with Crippen LogP contribution in [0.2, 0.25) is 0 Å². The maximum Gasteiger partial charge on any atom is 0.299 e. The second-order valence-electron chi connectivity index (χ2n) is 6.13. The summed E-state index contributed by atoms with van der Waals surface area (Å²) in [6.07, 6.45) is 0. The van der Waals surface area contributed by atoms with Crippen LogP contribution in [0.15, 0.2) is 72.8 Å². The van der Waals surface area contributed by atoms with E-state index < -0.39 is 13.2 Å². The Hall–Kier alpha value is -2.55. The third-order valence-electron chi connectivity index (χ3n) is 4.71. The molecule has 2 unspecified atom stereocenters. The van der Waals surface area contributed by atoms with Crippen molar-refractivity contribution in [1.29, 1.82) is 0 Å². The van der Waals surface area contributed by atoms with Crippen LogP contribution in [0, 0.1) is 0 Å². The molecule has 0 radical (unpaired) electrons. The van der Waals surface area contributed by atoms with Gasteiger partial charge in [0.25, 0.3) is 7.37 Å². The molecule has 1 N–H and O–H groups in total. The number of benzene rings is 3. The molecule has 0 spiro atoms. The van der Waals surface area contributed by atoms with E-state index in [2.05, 4.69) is 5.32 Å². The lowest BCUT2D eigenvalue weighted by molar-refractivity contribution is 0.247. The van der Waals surface area contributed by atoms with Crippen LogP contribution in [-0.4, -0.2) is 6.73 Å². The molecule has 0 aliphatic carbocycles. The summed E-state index contributed by atoms with van der Waals surface area (Å²) in [6, 6.07) is 23.2. The molecule has 2 heterocycles. The van der Waals surface area contributed by atoms with Gasteiger partial charge in [-0.15, -0.1) is 0 Å². The maximum atomic E-state index is 14.2. The van der Waals surface area contributed by atoms with Crippen molar-refractivity contribution >= 4 is 12.7 Å². The Kier molecular flexibility index (Phi) is 3.24. The van der Waals surface area contributed by atoms with E-state index in [1.54, 1.807) is 0 Å². The molecular weight excluding hydrogens is 333 g/mol. The van der Waals surface area contributed by atoms with Crippen molar-refractivity contribution in [2.45, 2.75) is 5.78 Å². The Morgan fingerprint density at radius 3 is 2.40 bits per heavy atom. The first-order valence-corrected chi connectivity index (χ1v) is 9.90. The highest BCUT2D eigenvalue weighted by Gasteiger charge is 2.45. The van der Waals surface area contributed by atoms with Gasteiger partial charge in [-0.05, 0) is 23.8 Å². The number of nitrogens with one attached hydrogen (secondary N) is 1. The van der Waals surface area contributed by atoms with Crippen molar-refractivity contribution in [3.8, 4) is 22.6 Å². The standard InChI is InChI=1S/C20H16NO3P/c22-25(20-16-9-2-4-10-17(16)23-13-21-20)19-12-6-3-8-15(19)14-7-1-5-11-18(14)24-25/h1-12,20-21H,13H2. The van der Waals surface area contributed by atoms with Gasteiger partial charge in [-0.25, -0.2) is 0 Å². The molecule has 2 aliphatic heterocycles. The van der Waals surface area contributed by atoms with Crippen molar-refractivity contribution in [1.82, 2.24) is 5.32 Å². The largest absolute Gasteiger partial charge is 0.478 e. The van der Waals surface area contributed by atoms with Gasteiger partial charge < -0.3 is 9.26 Å². The molecule has 0 bridgehead atoms. The van der Waals surface area contributed by atoms with Crippen LogP contribution in [0.4, 0.5) is 0 Å². The summed E-state index contributed by atoms with van der Waals surface area (Å²) in [4.78, 5) is 0. The van der Waals surface area contributed by atoms with Crippen LogP contribution in [0.3, 0.4) is 0 Å². The van der Waals surface area contributed by atoms with Crippen LogP contribution in [0.5, 0.6) is 11.5 Å². The monoisotopic (exact) mass is 349 g/mol. The van der Waals surface area contributed by atoms with Crippen molar-refractivity contribution in [2.24, 2.45) is 0 Å². The minimum atomic E-state index is -3.23. The summed E-state index contributed by atoms with van der Waals surface area (Å²) in [5.74, 6) is 0.976. The number of ether oxygens (including phenoxy) is 1. The first-order chi connectivity index (χ1) is 12.3. The Labute approximate surface area is 145 Å². The smallest absolute Gasteiger partial charge is 0.299 e. The zero-order valence-electron chi connectivity index (χ0n) is 13.4. The molecule has 4 nitrogen and oxygen atoms in total. The predicted octanol–water partition coefficient (Wildman–Crippen LogP) is 4.29. The molecule has 124 valence electrons. The Balaban J connectivity index is 1.74. The lowest BCUT2D eigenvalue weighted by Gasteiger charge is -2.36. The summed E-state index contributed by atoms with van der Waals surface area (Å²) in [5.41, 5.74) is 2.81. The van der Waals surface area contributed by atoms with Crippen LogP contribution in [-0.2, 0) is 4.57 Å². The van der Waals surface area contributed by atoms with Crippen LogP contribution >= 0.6 is 7.37 Å². The van der Waals surface area contributed by atoms with Gasteiger partial charge in [-0.3, -0.25) is 9.88 Å². The third kappa shape index (κ3) is 2.15. The quantitative estimate of drug-likeness (QED) is 0.666. The summed E-state index contributed by atoms with van der Waals surface area (Å²) >= 11 is 0. The Bertz CT molecular complexity index is 1020. The Morgan fingerprint density at radius 2 is 1.52 bits per heavy atom. The highest BCUT2D eigenvalue weighted by molar-refractivity contribution is 7.68. The van der Waals surface area contributed by atoms with E-state index >= 15 is 0 Å². The van der Waals surface area contributed by atoms with Gasteiger partial charge in [-0.1, -0.05) is 54.6 Å². The van der Waals surface area contributed by atoms with Crippen LogP contribution < -0.4 is 19.9 Å². The topological polar surface area (TPSA) is 47.6 Å². The molecule has 2 atom stereocenters. The van der Waals surface area contributed by atoms with E-state index in [0.717, 1.165) is 27.7 Å². The average molecular weight is 349 g/mol. The van der Waals surface area contributed by atoms with Gasteiger partial charge in [0.2, 0.25) is 0 Å². The zero-order valence-corrected chi connectivity index (χ0v) is 14.3. The summed E-state index contributed by atoms with van der Waals surface area (Å²) in [7, 11) is -3.23. The normalized spacial score (nSPS) is 23.4. The second-order valence-corrected chi connectivity index (χ2v) is 8.51.